The van der Waals surface area contributed by atoms with E-state index in [1.165, 1.54) is 19.2 Å². The summed E-state index contributed by atoms with van der Waals surface area (Å²) in [5, 5.41) is 8.39. The van der Waals surface area contributed by atoms with Crippen molar-refractivity contribution in [1.82, 2.24) is 4.72 Å². The summed E-state index contributed by atoms with van der Waals surface area (Å²) in [6.45, 7) is -2.64. The lowest BCUT2D eigenvalue weighted by molar-refractivity contribution is -0.0437. The maximum atomic E-state index is 12.8. The number of hydrogen-bond acceptors (Lipinski definition) is 4. The molecular weight excluding hydrogens is 304 g/mol. The van der Waals surface area contributed by atoms with Crippen molar-refractivity contribution in [2.24, 2.45) is 0 Å². The van der Waals surface area contributed by atoms with E-state index in [9.17, 15) is 17.2 Å². The molecule has 0 atom stereocenters. The molecule has 1 aromatic rings. The highest BCUT2D eigenvalue weighted by atomic mass is 35.5. The molecule has 0 aliphatic carbocycles. The van der Waals surface area contributed by atoms with Gasteiger partial charge >= 0.3 is 0 Å². The lowest BCUT2D eigenvalue weighted by Crippen LogP contribution is -2.38. The first-order valence-corrected chi connectivity index (χ1v) is 6.90. The zero-order valence-corrected chi connectivity index (χ0v) is 11.4. The lowest BCUT2D eigenvalue weighted by atomic mass is 10.3. The molecule has 0 heterocycles. The summed E-state index contributed by atoms with van der Waals surface area (Å²) in [5.41, 5.74) is 0. The molecule has 0 bridgehead atoms. The third kappa shape index (κ3) is 4.27. The van der Waals surface area contributed by atoms with Gasteiger partial charge in [-0.3, -0.25) is 0 Å². The number of aliphatic hydroxyl groups excluding tert-OH is 1. The Hall–Kier alpha value is -0.960. The summed E-state index contributed by atoms with van der Waals surface area (Å²) < 4.78 is 55.5. The molecule has 2 N–H and O–H groups in total. The van der Waals surface area contributed by atoms with Crippen molar-refractivity contribution in [1.29, 1.82) is 0 Å². The van der Waals surface area contributed by atoms with Gasteiger partial charge in [-0.15, -0.1) is 0 Å². The number of methoxy groups -OCH3 is 1. The average Bonchev–Trinajstić information content (AvgIpc) is 2.36. The first-order valence-electron chi connectivity index (χ1n) is 5.04. The Morgan fingerprint density at radius 2 is 2.11 bits per heavy atom. The molecule has 0 fully saturated rings. The highest BCUT2D eigenvalue weighted by Crippen LogP contribution is 2.27. The molecular formula is C10H12ClF2NO4S. The van der Waals surface area contributed by atoms with Gasteiger partial charge in [0.05, 0.1) is 23.6 Å². The molecule has 0 unspecified atom stereocenters. The number of sulfonamides is 1. The smallest absolute Gasteiger partial charge is 0.283 e. The minimum atomic E-state index is -4.13. The molecule has 108 valence electrons. The summed E-state index contributed by atoms with van der Waals surface area (Å²) in [6, 6.07) is 3.56. The van der Waals surface area contributed by atoms with Crippen LogP contribution in [-0.4, -0.2) is 39.7 Å². The second-order valence-corrected chi connectivity index (χ2v) is 5.81. The highest BCUT2D eigenvalue weighted by molar-refractivity contribution is 7.89. The van der Waals surface area contributed by atoms with Crippen LogP contribution in [0.5, 0.6) is 5.75 Å². The topological polar surface area (TPSA) is 75.6 Å². The average molecular weight is 316 g/mol. The van der Waals surface area contributed by atoms with Crippen molar-refractivity contribution in [3.05, 3.63) is 23.2 Å². The van der Waals surface area contributed by atoms with Crippen molar-refractivity contribution >= 4 is 21.6 Å². The molecule has 0 saturated heterocycles. The van der Waals surface area contributed by atoms with Crippen molar-refractivity contribution in [2.75, 3.05) is 20.3 Å². The molecule has 5 nitrogen and oxygen atoms in total. The van der Waals surface area contributed by atoms with Crippen LogP contribution in [0.25, 0.3) is 0 Å². The van der Waals surface area contributed by atoms with Gasteiger partial charge in [0.15, 0.2) is 0 Å². The van der Waals surface area contributed by atoms with E-state index < -0.39 is 29.1 Å². The maximum absolute atomic E-state index is 12.8. The monoisotopic (exact) mass is 315 g/mol. The molecule has 0 saturated carbocycles. The molecule has 0 radical (unpaired) electrons. The molecule has 1 aromatic carbocycles. The summed E-state index contributed by atoms with van der Waals surface area (Å²) in [6.07, 6.45) is 0. The van der Waals surface area contributed by atoms with Gasteiger partial charge in [0, 0.05) is 0 Å². The largest absolute Gasteiger partial charge is 0.495 e. The van der Waals surface area contributed by atoms with Crippen LogP contribution in [-0.2, 0) is 10.0 Å². The zero-order chi connectivity index (χ0) is 14.7. The van der Waals surface area contributed by atoms with E-state index >= 15 is 0 Å². The summed E-state index contributed by atoms with van der Waals surface area (Å²) in [4.78, 5) is -0.271. The number of hydrogen-bond donors (Lipinski definition) is 2. The quantitative estimate of drug-likeness (QED) is 0.828. The van der Waals surface area contributed by atoms with Gasteiger partial charge in [-0.25, -0.2) is 21.9 Å². The fraction of sp³-hybridized carbons (Fsp3) is 0.400. The van der Waals surface area contributed by atoms with Gasteiger partial charge in [0.25, 0.3) is 5.92 Å². The van der Waals surface area contributed by atoms with Crippen LogP contribution in [0.3, 0.4) is 0 Å². The molecule has 19 heavy (non-hydrogen) atoms. The molecule has 0 aliphatic rings. The van der Waals surface area contributed by atoms with Crippen molar-refractivity contribution < 1.29 is 27.0 Å². The van der Waals surface area contributed by atoms with Crippen LogP contribution < -0.4 is 9.46 Å². The Kier molecular flexibility index (Phi) is 5.08. The lowest BCUT2D eigenvalue weighted by Gasteiger charge is -2.14. The SMILES string of the molecule is COc1ccc(S(=O)(=O)NCC(F)(F)CO)cc1Cl. The van der Waals surface area contributed by atoms with Crippen LogP contribution >= 0.6 is 11.6 Å². The second-order valence-electron chi connectivity index (χ2n) is 3.63. The maximum Gasteiger partial charge on any atom is 0.283 e. The van der Waals surface area contributed by atoms with Crippen molar-refractivity contribution in [3.63, 3.8) is 0 Å². The zero-order valence-electron chi connectivity index (χ0n) is 9.86. The Bertz CT molecular complexity index is 550. The molecule has 0 aliphatic heterocycles. The third-order valence-electron chi connectivity index (χ3n) is 2.19. The van der Waals surface area contributed by atoms with Gasteiger partial charge in [-0.2, -0.15) is 0 Å². The number of benzene rings is 1. The minimum absolute atomic E-state index is 0.0410. The van der Waals surface area contributed by atoms with Gasteiger partial charge in [-0.05, 0) is 18.2 Å². The number of nitrogens with one attached hydrogen (secondary N) is 1. The first kappa shape index (κ1) is 16.1. The van der Waals surface area contributed by atoms with E-state index in [2.05, 4.69) is 0 Å². The molecule has 1 rings (SSSR count). The van der Waals surface area contributed by atoms with Crippen LogP contribution in [0.15, 0.2) is 23.1 Å². The van der Waals surface area contributed by atoms with Crippen LogP contribution in [0.1, 0.15) is 0 Å². The number of aliphatic hydroxyl groups is 1. The Labute approximate surface area is 114 Å². The third-order valence-corrected chi connectivity index (χ3v) is 3.88. The number of ether oxygens (including phenoxy) is 1. The molecule has 0 amide bonds. The number of alkyl halides is 2. The van der Waals surface area contributed by atoms with E-state index in [1.54, 1.807) is 4.72 Å². The molecule has 0 spiro atoms. The number of halogens is 3. The molecule has 9 heteroatoms. The van der Waals surface area contributed by atoms with E-state index in [-0.39, 0.29) is 15.7 Å². The van der Waals surface area contributed by atoms with E-state index in [4.69, 9.17) is 21.4 Å². The fourth-order valence-electron chi connectivity index (χ4n) is 1.15. The van der Waals surface area contributed by atoms with Crippen LogP contribution in [0.2, 0.25) is 5.02 Å². The summed E-state index contributed by atoms with van der Waals surface area (Å²) in [7, 11) is -2.78. The Morgan fingerprint density at radius 1 is 1.47 bits per heavy atom. The summed E-state index contributed by atoms with van der Waals surface area (Å²) >= 11 is 5.75. The highest BCUT2D eigenvalue weighted by Gasteiger charge is 2.30. The van der Waals surface area contributed by atoms with Crippen molar-refractivity contribution in [3.8, 4) is 5.75 Å². The van der Waals surface area contributed by atoms with Gasteiger partial charge in [0.1, 0.15) is 12.4 Å². The Morgan fingerprint density at radius 3 is 2.58 bits per heavy atom. The van der Waals surface area contributed by atoms with E-state index in [1.807, 2.05) is 0 Å². The first-order chi connectivity index (χ1) is 8.72. The minimum Gasteiger partial charge on any atom is -0.495 e. The molecule has 0 aromatic heterocycles. The standard InChI is InChI=1S/C10H12ClF2NO4S/c1-18-9-3-2-7(4-8(9)11)19(16,17)14-5-10(12,13)6-15/h2-4,14-15H,5-6H2,1H3. The summed E-state index contributed by atoms with van der Waals surface area (Å²) in [5.74, 6) is -3.26. The Balaban J connectivity index is 2.92. The van der Waals surface area contributed by atoms with Crippen molar-refractivity contribution in [2.45, 2.75) is 10.8 Å². The van der Waals surface area contributed by atoms with Crippen LogP contribution in [0, 0.1) is 0 Å². The van der Waals surface area contributed by atoms with E-state index in [0.717, 1.165) is 6.07 Å². The number of rotatable bonds is 6. The van der Waals surface area contributed by atoms with Crippen LogP contribution in [0.4, 0.5) is 8.78 Å². The normalized spacial score (nSPS) is 12.5. The second kappa shape index (κ2) is 6.00. The predicted octanol–water partition coefficient (Wildman–Crippen LogP) is 1.25. The van der Waals surface area contributed by atoms with Gasteiger partial charge in [-0.1, -0.05) is 11.6 Å². The predicted molar refractivity (Wildman–Crippen MR) is 65.2 cm³/mol. The fourth-order valence-corrected chi connectivity index (χ4v) is 2.56. The van der Waals surface area contributed by atoms with Gasteiger partial charge in [0.2, 0.25) is 10.0 Å². The van der Waals surface area contributed by atoms with E-state index in [0.29, 0.717) is 0 Å². The van der Waals surface area contributed by atoms with Gasteiger partial charge < -0.3 is 9.84 Å².